The standard InChI is InChI=1S/C26H32N4O2/c1-19-11-14-29(15-12-19)23(21-8-4-3-5-9-21)17-27-24(31)13-16-30-18-28-25-20(2)7-6-10-22(25)26(30)32/h3-10,18-19,23H,11-17H2,1-2H3,(H,27,31). The molecule has 3 aromatic rings. The minimum Gasteiger partial charge on any atom is -0.354 e. The summed E-state index contributed by atoms with van der Waals surface area (Å²) < 4.78 is 1.53. The molecule has 4 rings (SSSR count). The average Bonchev–Trinajstić information content (AvgIpc) is 2.81. The Morgan fingerprint density at radius 2 is 1.88 bits per heavy atom. The Morgan fingerprint density at radius 1 is 1.12 bits per heavy atom. The molecule has 6 nitrogen and oxygen atoms in total. The number of para-hydroxylation sites is 1. The Kier molecular flexibility index (Phi) is 7.00. The van der Waals surface area contributed by atoms with Gasteiger partial charge in [-0.1, -0.05) is 49.4 Å². The Balaban J connectivity index is 1.39. The Labute approximate surface area is 189 Å². The number of amides is 1. The lowest BCUT2D eigenvalue weighted by Gasteiger charge is -2.37. The normalized spacial score (nSPS) is 16.2. The van der Waals surface area contributed by atoms with E-state index in [1.54, 1.807) is 12.4 Å². The molecule has 0 bridgehead atoms. The summed E-state index contributed by atoms with van der Waals surface area (Å²) in [5.41, 5.74) is 2.83. The smallest absolute Gasteiger partial charge is 0.261 e. The molecule has 32 heavy (non-hydrogen) atoms. The van der Waals surface area contributed by atoms with E-state index in [4.69, 9.17) is 0 Å². The van der Waals surface area contributed by atoms with Gasteiger partial charge in [0.1, 0.15) is 0 Å². The maximum atomic E-state index is 12.8. The molecule has 1 aromatic heterocycles. The van der Waals surface area contributed by atoms with Gasteiger partial charge in [-0.15, -0.1) is 0 Å². The Bertz CT molecular complexity index is 1120. The summed E-state index contributed by atoms with van der Waals surface area (Å²) in [4.78, 5) is 32.3. The molecule has 1 saturated heterocycles. The number of aromatic nitrogens is 2. The first kappa shape index (κ1) is 22.2. The monoisotopic (exact) mass is 432 g/mol. The van der Waals surface area contributed by atoms with Crippen molar-refractivity contribution in [2.75, 3.05) is 19.6 Å². The summed E-state index contributed by atoms with van der Waals surface area (Å²) >= 11 is 0. The SMILES string of the molecule is Cc1cccc2c(=O)n(CCC(=O)NCC(c3ccccc3)N3CCC(C)CC3)cnc12. The van der Waals surface area contributed by atoms with Crippen LogP contribution in [0.4, 0.5) is 0 Å². The van der Waals surface area contributed by atoms with E-state index in [1.165, 1.54) is 23.0 Å². The molecule has 1 aliphatic heterocycles. The van der Waals surface area contributed by atoms with Gasteiger partial charge in [-0.05, 0) is 56.0 Å². The van der Waals surface area contributed by atoms with E-state index in [9.17, 15) is 9.59 Å². The zero-order valence-electron chi connectivity index (χ0n) is 19.0. The fourth-order valence-electron chi connectivity index (χ4n) is 4.49. The van der Waals surface area contributed by atoms with Gasteiger partial charge in [0.15, 0.2) is 0 Å². The molecule has 0 spiro atoms. The number of aryl methyl sites for hydroxylation is 2. The van der Waals surface area contributed by atoms with E-state index in [-0.39, 0.29) is 23.9 Å². The number of hydrogen-bond donors (Lipinski definition) is 1. The van der Waals surface area contributed by atoms with Gasteiger partial charge in [-0.2, -0.15) is 0 Å². The second-order valence-corrected chi connectivity index (χ2v) is 8.91. The number of hydrogen-bond acceptors (Lipinski definition) is 4. The van der Waals surface area contributed by atoms with E-state index < -0.39 is 0 Å². The summed E-state index contributed by atoms with van der Waals surface area (Å²) in [6.07, 6.45) is 4.17. The van der Waals surface area contributed by atoms with E-state index >= 15 is 0 Å². The lowest BCUT2D eigenvalue weighted by Crippen LogP contribution is -2.42. The molecule has 0 radical (unpaired) electrons. The number of carbonyl (C=O) groups is 1. The van der Waals surface area contributed by atoms with Crippen molar-refractivity contribution in [3.63, 3.8) is 0 Å². The molecular formula is C26H32N4O2. The van der Waals surface area contributed by atoms with Crippen molar-refractivity contribution in [2.24, 2.45) is 5.92 Å². The molecule has 1 fully saturated rings. The third-order valence-corrected chi connectivity index (χ3v) is 6.57. The highest BCUT2D eigenvalue weighted by Gasteiger charge is 2.25. The molecule has 1 atom stereocenters. The van der Waals surface area contributed by atoms with E-state index in [0.29, 0.717) is 18.5 Å². The average molecular weight is 433 g/mol. The first-order valence-electron chi connectivity index (χ1n) is 11.5. The number of benzene rings is 2. The van der Waals surface area contributed by atoms with Crippen LogP contribution in [0.1, 0.15) is 43.4 Å². The number of nitrogens with one attached hydrogen (secondary N) is 1. The highest BCUT2D eigenvalue weighted by molar-refractivity contribution is 5.80. The molecule has 0 aliphatic carbocycles. The van der Waals surface area contributed by atoms with Gasteiger partial charge in [-0.25, -0.2) is 4.98 Å². The predicted octanol–water partition coefficient (Wildman–Crippen LogP) is 3.68. The van der Waals surface area contributed by atoms with Crippen molar-refractivity contribution >= 4 is 16.8 Å². The predicted molar refractivity (Wildman–Crippen MR) is 128 cm³/mol. The molecule has 0 saturated carbocycles. The molecule has 1 unspecified atom stereocenters. The Hall–Kier alpha value is -2.99. The summed E-state index contributed by atoms with van der Waals surface area (Å²) in [7, 11) is 0. The van der Waals surface area contributed by atoms with Crippen molar-refractivity contribution in [3.05, 3.63) is 76.3 Å². The van der Waals surface area contributed by atoms with Gasteiger partial charge >= 0.3 is 0 Å². The minimum atomic E-state index is -0.101. The van der Waals surface area contributed by atoms with Gasteiger partial charge < -0.3 is 5.32 Å². The van der Waals surface area contributed by atoms with Crippen LogP contribution in [0.5, 0.6) is 0 Å². The van der Waals surface area contributed by atoms with Crippen molar-refractivity contribution in [1.29, 1.82) is 0 Å². The van der Waals surface area contributed by atoms with Gasteiger partial charge in [0.05, 0.1) is 23.3 Å². The summed E-state index contributed by atoms with van der Waals surface area (Å²) in [6, 6.07) is 16.2. The van der Waals surface area contributed by atoms with E-state index in [1.807, 2.05) is 25.1 Å². The lowest BCUT2D eigenvalue weighted by atomic mass is 9.95. The molecule has 1 aliphatic rings. The second kappa shape index (κ2) is 10.1. The van der Waals surface area contributed by atoms with Gasteiger partial charge in [0, 0.05) is 19.5 Å². The quantitative estimate of drug-likeness (QED) is 0.618. The number of piperidine rings is 1. The van der Waals surface area contributed by atoms with Gasteiger partial charge in [0.2, 0.25) is 5.91 Å². The Morgan fingerprint density at radius 3 is 2.62 bits per heavy atom. The van der Waals surface area contributed by atoms with Crippen LogP contribution in [0, 0.1) is 12.8 Å². The van der Waals surface area contributed by atoms with Crippen molar-refractivity contribution in [1.82, 2.24) is 19.8 Å². The first-order valence-corrected chi connectivity index (χ1v) is 11.5. The van der Waals surface area contributed by atoms with Gasteiger partial charge in [0.25, 0.3) is 5.56 Å². The van der Waals surface area contributed by atoms with Crippen LogP contribution >= 0.6 is 0 Å². The zero-order chi connectivity index (χ0) is 22.5. The third-order valence-electron chi connectivity index (χ3n) is 6.57. The van der Waals surface area contributed by atoms with Crippen LogP contribution in [0.2, 0.25) is 0 Å². The third kappa shape index (κ3) is 5.07. The second-order valence-electron chi connectivity index (χ2n) is 8.91. The van der Waals surface area contributed by atoms with Crippen LogP contribution in [0.25, 0.3) is 10.9 Å². The fraction of sp³-hybridized carbons (Fsp3) is 0.423. The maximum absolute atomic E-state index is 12.8. The highest BCUT2D eigenvalue weighted by atomic mass is 16.2. The van der Waals surface area contributed by atoms with Crippen molar-refractivity contribution < 1.29 is 4.79 Å². The lowest BCUT2D eigenvalue weighted by molar-refractivity contribution is -0.121. The largest absolute Gasteiger partial charge is 0.354 e. The minimum absolute atomic E-state index is 0.0486. The van der Waals surface area contributed by atoms with Crippen LogP contribution < -0.4 is 10.9 Å². The van der Waals surface area contributed by atoms with Gasteiger partial charge in [-0.3, -0.25) is 19.1 Å². The number of likely N-dealkylation sites (tertiary alicyclic amines) is 1. The van der Waals surface area contributed by atoms with E-state index in [2.05, 4.69) is 46.4 Å². The maximum Gasteiger partial charge on any atom is 0.261 e. The fourth-order valence-corrected chi connectivity index (χ4v) is 4.49. The molecule has 6 heteroatoms. The van der Waals surface area contributed by atoms with Crippen molar-refractivity contribution in [3.8, 4) is 0 Å². The number of carbonyl (C=O) groups excluding carboxylic acids is 1. The first-order chi connectivity index (χ1) is 15.5. The molecule has 2 heterocycles. The van der Waals surface area contributed by atoms with Crippen LogP contribution in [-0.4, -0.2) is 40.0 Å². The van der Waals surface area contributed by atoms with Crippen LogP contribution in [0.3, 0.4) is 0 Å². The number of fused-ring (bicyclic) bond motifs is 1. The summed E-state index contributed by atoms with van der Waals surface area (Å²) in [5.74, 6) is 0.711. The van der Waals surface area contributed by atoms with Crippen LogP contribution in [0.15, 0.2) is 59.7 Å². The molecular weight excluding hydrogens is 400 g/mol. The molecule has 2 aromatic carbocycles. The molecule has 1 N–H and O–H groups in total. The highest BCUT2D eigenvalue weighted by Crippen LogP contribution is 2.26. The molecule has 168 valence electrons. The van der Waals surface area contributed by atoms with Crippen molar-refractivity contribution in [2.45, 2.75) is 45.7 Å². The summed E-state index contributed by atoms with van der Waals surface area (Å²) in [5, 5.41) is 3.70. The number of nitrogens with zero attached hydrogens (tertiary/aromatic N) is 3. The molecule has 1 amide bonds. The van der Waals surface area contributed by atoms with Crippen LogP contribution in [-0.2, 0) is 11.3 Å². The number of rotatable bonds is 7. The zero-order valence-corrected chi connectivity index (χ0v) is 19.0. The summed E-state index contributed by atoms with van der Waals surface area (Å²) in [6.45, 7) is 7.24. The van der Waals surface area contributed by atoms with E-state index in [0.717, 1.165) is 30.1 Å². The topological polar surface area (TPSA) is 67.2 Å².